The van der Waals surface area contributed by atoms with Gasteiger partial charge in [-0.2, -0.15) is 0 Å². The molecule has 1 heterocycles. The molecule has 1 atom stereocenters. The Kier molecular flexibility index (Phi) is 4.54. The van der Waals surface area contributed by atoms with Gasteiger partial charge in [0.05, 0.1) is 5.92 Å². The van der Waals surface area contributed by atoms with Crippen LogP contribution in [-0.4, -0.2) is 30.9 Å². The van der Waals surface area contributed by atoms with Crippen LogP contribution in [0.3, 0.4) is 0 Å². The Bertz CT molecular complexity index is 612. The molecule has 0 saturated carbocycles. The van der Waals surface area contributed by atoms with Crippen LogP contribution in [0.1, 0.15) is 12.0 Å². The summed E-state index contributed by atoms with van der Waals surface area (Å²) in [5.41, 5.74) is 2.28. The van der Waals surface area contributed by atoms with E-state index in [-0.39, 0.29) is 11.8 Å². The van der Waals surface area contributed by atoms with Crippen molar-refractivity contribution in [3.63, 3.8) is 0 Å². The fraction of sp³-hybridized carbons (Fsp3) is 0.316. The third-order valence-corrected chi connectivity index (χ3v) is 4.34. The van der Waals surface area contributed by atoms with Crippen LogP contribution in [0.5, 0.6) is 0 Å². The van der Waals surface area contributed by atoms with Gasteiger partial charge in [-0.05, 0) is 30.7 Å². The highest BCUT2D eigenvalue weighted by Gasteiger charge is 2.30. The largest absolute Gasteiger partial charge is 0.315 e. The molecule has 1 aliphatic rings. The van der Waals surface area contributed by atoms with E-state index in [0.29, 0.717) is 0 Å². The number of anilines is 1. The summed E-state index contributed by atoms with van der Waals surface area (Å²) in [5.74, 6) is 0.329. The SMILES string of the molecule is CN(C(=O)C1CCN(Cc2ccccc2)C1)c1ccccc1. The summed E-state index contributed by atoms with van der Waals surface area (Å²) in [5, 5.41) is 0. The van der Waals surface area contributed by atoms with Gasteiger partial charge in [-0.25, -0.2) is 0 Å². The molecule has 0 N–H and O–H groups in total. The van der Waals surface area contributed by atoms with Gasteiger partial charge in [0.2, 0.25) is 5.91 Å². The maximum atomic E-state index is 12.6. The van der Waals surface area contributed by atoms with Crippen molar-refractivity contribution in [1.82, 2.24) is 4.90 Å². The van der Waals surface area contributed by atoms with E-state index in [2.05, 4.69) is 29.2 Å². The first-order valence-corrected chi connectivity index (χ1v) is 7.83. The van der Waals surface area contributed by atoms with Crippen molar-refractivity contribution in [2.45, 2.75) is 13.0 Å². The lowest BCUT2D eigenvalue weighted by Crippen LogP contribution is -2.34. The molecule has 1 amide bonds. The first-order chi connectivity index (χ1) is 10.7. The average Bonchev–Trinajstić information content (AvgIpc) is 3.04. The maximum Gasteiger partial charge on any atom is 0.231 e. The Morgan fingerprint density at radius 2 is 1.73 bits per heavy atom. The van der Waals surface area contributed by atoms with Gasteiger partial charge >= 0.3 is 0 Å². The van der Waals surface area contributed by atoms with Crippen molar-refractivity contribution in [3.8, 4) is 0 Å². The highest BCUT2D eigenvalue weighted by atomic mass is 16.2. The van der Waals surface area contributed by atoms with Crippen molar-refractivity contribution < 1.29 is 4.79 Å². The molecular formula is C19H22N2O. The van der Waals surface area contributed by atoms with Crippen molar-refractivity contribution in [2.24, 2.45) is 5.92 Å². The number of hydrogen-bond donors (Lipinski definition) is 0. The quantitative estimate of drug-likeness (QED) is 0.864. The van der Waals surface area contributed by atoms with Gasteiger partial charge < -0.3 is 4.90 Å². The van der Waals surface area contributed by atoms with E-state index in [1.807, 2.05) is 43.4 Å². The third kappa shape index (κ3) is 3.37. The summed E-state index contributed by atoms with van der Waals surface area (Å²) in [4.78, 5) is 16.8. The summed E-state index contributed by atoms with van der Waals surface area (Å²) in [6.45, 7) is 2.78. The maximum absolute atomic E-state index is 12.6. The molecule has 0 aromatic heterocycles. The van der Waals surface area contributed by atoms with Gasteiger partial charge in [-0.1, -0.05) is 48.5 Å². The predicted molar refractivity (Wildman–Crippen MR) is 89.7 cm³/mol. The molecule has 1 saturated heterocycles. The van der Waals surface area contributed by atoms with Crippen molar-refractivity contribution in [2.75, 3.05) is 25.0 Å². The summed E-state index contributed by atoms with van der Waals surface area (Å²) in [6.07, 6.45) is 0.947. The van der Waals surface area contributed by atoms with Crippen LogP contribution in [0, 0.1) is 5.92 Å². The van der Waals surface area contributed by atoms with E-state index in [0.717, 1.165) is 31.7 Å². The Hall–Kier alpha value is -2.13. The summed E-state index contributed by atoms with van der Waals surface area (Å²) in [6, 6.07) is 20.3. The van der Waals surface area contributed by atoms with Crippen LogP contribution in [0.2, 0.25) is 0 Å². The van der Waals surface area contributed by atoms with E-state index < -0.39 is 0 Å². The van der Waals surface area contributed by atoms with Crippen LogP contribution < -0.4 is 4.90 Å². The van der Waals surface area contributed by atoms with E-state index in [1.54, 1.807) is 4.90 Å². The second-order valence-corrected chi connectivity index (χ2v) is 5.94. The summed E-state index contributed by atoms with van der Waals surface area (Å²) < 4.78 is 0. The molecule has 1 fully saturated rings. The van der Waals surface area contributed by atoms with Crippen LogP contribution in [0.25, 0.3) is 0 Å². The molecular weight excluding hydrogens is 272 g/mol. The lowest BCUT2D eigenvalue weighted by Gasteiger charge is -2.21. The Balaban J connectivity index is 1.59. The normalized spacial score (nSPS) is 18.3. The fourth-order valence-electron chi connectivity index (χ4n) is 3.07. The number of carbonyl (C=O) groups is 1. The number of benzene rings is 2. The first-order valence-electron chi connectivity index (χ1n) is 7.83. The van der Waals surface area contributed by atoms with Gasteiger partial charge in [-0.3, -0.25) is 9.69 Å². The van der Waals surface area contributed by atoms with E-state index in [9.17, 15) is 4.79 Å². The van der Waals surface area contributed by atoms with Gasteiger partial charge in [0.25, 0.3) is 0 Å². The number of likely N-dealkylation sites (tertiary alicyclic amines) is 1. The number of rotatable bonds is 4. The molecule has 0 radical (unpaired) electrons. The molecule has 22 heavy (non-hydrogen) atoms. The highest BCUT2D eigenvalue weighted by molar-refractivity contribution is 5.94. The van der Waals surface area contributed by atoms with Crippen LogP contribution in [0.4, 0.5) is 5.69 Å². The van der Waals surface area contributed by atoms with Gasteiger partial charge in [-0.15, -0.1) is 0 Å². The summed E-state index contributed by atoms with van der Waals surface area (Å²) >= 11 is 0. The van der Waals surface area contributed by atoms with Gasteiger partial charge in [0.1, 0.15) is 0 Å². The lowest BCUT2D eigenvalue weighted by molar-refractivity contribution is -0.121. The number of amides is 1. The molecule has 0 aliphatic carbocycles. The van der Waals surface area contributed by atoms with E-state index in [4.69, 9.17) is 0 Å². The minimum Gasteiger partial charge on any atom is -0.315 e. The molecule has 2 aromatic rings. The molecule has 1 aliphatic heterocycles. The number of carbonyl (C=O) groups excluding carboxylic acids is 1. The van der Waals surface area contributed by atoms with Crippen LogP contribution >= 0.6 is 0 Å². The molecule has 2 aromatic carbocycles. The zero-order valence-electron chi connectivity index (χ0n) is 13.0. The average molecular weight is 294 g/mol. The van der Waals surface area contributed by atoms with E-state index >= 15 is 0 Å². The minimum absolute atomic E-state index is 0.105. The smallest absolute Gasteiger partial charge is 0.231 e. The topological polar surface area (TPSA) is 23.6 Å². The predicted octanol–water partition coefficient (Wildman–Crippen LogP) is 3.17. The lowest BCUT2D eigenvalue weighted by atomic mass is 10.1. The molecule has 0 bridgehead atoms. The highest BCUT2D eigenvalue weighted by Crippen LogP contribution is 2.23. The number of nitrogens with zero attached hydrogens (tertiary/aromatic N) is 2. The first kappa shape index (κ1) is 14.8. The molecule has 3 nitrogen and oxygen atoms in total. The minimum atomic E-state index is 0.105. The Morgan fingerprint density at radius 1 is 1.09 bits per heavy atom. The number of hydrogen-bond acceptors (Lipinski definition) is 2. The third-order valence-electron chi connectivity index (χ3n) is 4.34. The van der Waals surface area contributed by atoms with Gasteiger partial charge in [0, 0.05) is 25.8 Å². The standard InChI is InChI=1S/C19H22N2O/c1-20(18-10-6-3-7-11-18)19(22)17-12-13-21(15-17)14-16-8-4-2-5-9-16/h2-11,17H,12-15H2,1H3. The van der Waals surface area contributed by atoms with Gasteiger partial charge in [0.15, 0.2) is 0 Å². The second kappa shape index (κ2) is 6.75. The fourth-order valence-corrected chi connectivity index (χ4v) is 3.07. The van der Waals surface area contributed by atoms with Crippen molar-refractivity contribution >= 4 is 11.6 Å². The van der Waals surface area contributed by atoms with Crippen LogP contribution in [-0.2, 0) is 11.3 Å². The zero-order valence-corrected chi connectivity index (χ0v) is 13.0. The van der Waals surface area contributed by atoms with Crippen molar-refractivity contribution in [1.29, 1.82) is 0 Å². The molecule has 3 rings (SSSR count). The molecule has 3 heteroatoms. The second-order valence-electron chi connectivity index (χ2n) is 5.94. The van der Waals surface area contributed by atoms with Crippen LogP contribution in [0.15, 0.2) is 60.7 Å². The monoisotopic (exact) mass is 294 g/mol. The van der Waals surface area contributed by atoms with Crippen molar-refractivity contribution in [3.05, 3.63) is 66.2 Å². The van der Waals surface area contributed by atoms with E-state index in [1.165, 1.54) is 5.56 Å². The summed E-state index contributed by atoms with van der Waals surface area (Å²) in [7, 11) is 1.87. The Labute approximate surface area is 132 Å². The molecule has 1 unspecified atom stereocenters. The molecule has 114 valence electrons. The number of para-hydroxylation sites is 1. The zero-order chi connectivity index (χ0) is 15.4. The molecule has 0 spiro atoms. The Morgan fingerprint density at radius 3 is 2.41 bits per heavy atom.